The van der Waals surface area contributed by atoms with Gasteiger partial charge < -0.3 is 14.2 Å². The Morgan fingerprint density at radius 1 is 0.339 bits per heavy atom. The SMILES string of the molecule is CC/C=C\C/C=C\C/C=C\C/C=C\C/C=C\C/C=C\CCC(=O)OCC(COC(=O)CCCCCCCCCCCCC)OC(=O)CCCCCCCCC/C=C\C/C=C\CC. The topological polar surface area (TPSA) is 78.9 Å². The van der Waals surface area contributed by atoms with E-state index in [4.69, 9.17) is 14.2 Å². The second kappa shape index (κ2) is 50.0. The van der Waals surface area contributed by atoms with Gasteiger partial charge in [-0.25, -0.2) is 0 Å². The highest BCUT2D eigenvalue weighted by atomic mass is 16.6. The average molecular weight is 861 g/mol. The molecule has 0 saturated heterocycles. The van der Waals surface area contributed by atoms with Gasteiger partial charge in [0.25, 0.3) is 0 Å². The lowest BCUT2D eigenvalue weighted by atomic mass is 10.1. The first-order chi connectivity index (χ1) is 30.5. The van der Waals surface area contributed by atoms with Gasteiger partial charge in [-0.3, -0.25) is 14.4 Å². The molecular formula is C56H92O6. The smallest absolute Gasteiger partial charge is 0.306 e. The molecule has 1 atom stereocenters. The summed E-state index contributed by atoms with van der Waals surface area (Å²) in [7, 11) is 0. The van der Waals surface area contributed by atoms with Crippen LogP contribution in [-0.4, -0.2) is 37.2 Å². The minimum Gasteiger partial charge on any atom is -0.462 e. The highest BCUT2D eigenvalue weighted by molar-refractivity contribution is 5.71. The number of hydrogen-bond acceptors (Lipinski definition) is 6. The highest BCUT2D eigenvalue weighted by Crippen LogP contribution is 2.14. The summed E-state index contributed by atoms with van der Waals surface area (Å²) >= 11 is 0. The monoisotopic (exact) mass is 861 g/mol. The molecule has 0 spiro atoms. The van der Waals surface area contributed by atoms with Gasteiger partial charge in [-0.15, -0.1) is 0 Å². The van der Waals surface area contributed by atoms with E-state index in [1.165, 1.54) is 77.0 Å². The van der Waals surface area contributed by atoms with E-state index in [-0.39, 0.29) is 37.5 Å². The molecule has 62 heavy (non-hydrogen) atoms. The van der Waals surface area contributed by atoms with Crippen molar-refractivity contribution in [3.8, 4) is 0 Å². The zero-order valence-corrected chi connectivity index (χ0v) is 40.1. The molecule has 0 aromatic carbocycles. The normalized spacial score (nSPS) is 12.9. The maximum atomic E-state index is 12.8. The summed E-state index contributed by atoms with van der Waals surface area (Å²) in [5, 5.41) is 0. The summed E-state index contributed by atoms with van der Waals surface area (Å²) in [5.74, 6) is -1.00. The summed E-state index contributed by atoms with van der Waals surface area (Å²) in [6.07, 6.45) is 65.4. The van der Waals surface area contributed by atoms with Gasteiger partial charge in [-0.2, -0.15) is 0 Å². The Bertz CT molecular complexity index is 1260. The molecular weight excluding hydrogens is 769 g/mol. The number of ether oxygens (including phenoxy) is 3. The number of unbranched alkanes of at least 4 members (excludes halogenated alkanes) is 17. The van der Waals surface area contributed by atoms with Gasteiger partial charge in [0.15, 0.2) is 6.10 Å². The van der Waals surface area contributed by atoms with E-state index in [0.29, 0.717) is 19.3 Å². The minimum atomic E-state index is -0.810. The van der Waals surface area contributed by atoms with E-state index >= 15 is 0 Å². The third-order valence-electron chi connectivity index (χ3n) is 10.3. The van der Waals surface area contributed by atoms with Crippen molar-refractivity contribution < 1.29 is 28.6 Å². The van der Waals surface area contributed by atoms with Crippen LogP contribution in [0.15, 0.2) is 97.2 Å². The van der Waals surface area contributed by atoms with Crippen molar-refractivity contribution in [2.45, 2.75) is 226 Å². The predicted octanol–water partition coefficient (Wildman–Crippen LogP) is 16.6. The lowest BCUT2D eigenvalue weighted by Gasteiger charge is -2.18. The second-order valence-corrected chi connectivity index (χ2v) is 16.3. The van der Waals surface area contributed by atoms with Crippen LogP contribution < -0.4 is 0 Å². The summed E-state index contributed by atoms with van der Waals surface area (Å²) in [4.78, 5) is 37.9. The Hall–Kier alpha value is -3.67. The molecule has 0 saturated carbocycles. The molecule has 1 unspecified atom stereocenters. The Kier molecular flexibility index (Phi) is 47.0. The quantitative estimate of drug-likeness (QED) is 0.0263. The van der Waals surface area contributed by atoms with Crippen molar-refractivity contribution in [3.05, 3.63) is 97.2 Å². The summed E-state index contributed by atoms with van der Waals surface area (Å²) < 4.78 is 16.7. The van der Waals surface area contributed by atoms with Crippen LogP contribution in [0.1, 0.15) is 220 Å². The Morgan fingerprint density at radius 3 is 1.08 bits per heavy atom. The van der Waals surface area contributed by atoms with E-state index in [1.54, 1.807) is 0 Å². The van der Waals surface area contributed by atoms with Crippen molar-refractivity contribution >= 4 is 17.9 Å². The van der Waals surface area contributed by atoms with E-state index in [1.807, 2.05) is 6.08 Å². The van der Waals surface area contributed by atoms with E-state index in [2.05, 4.69) is 112 Å². The van der Waals surface area contributed by atoms with Crippen molar-refractivity contribution in [1.82, 2.24) is 0 Å². The van der Waals surface area contributed by atoms with E-state index in [9.17, 15) is 14.4 Å². The zero-order valence-electron chi connectivity index (χ0n) is 40.1. The van der Waals surface area contributed by atoms with Crippen LogP contribution in [0.5, 0.6) is 0 Å². The van der Waals surface area contributed by atoms with Crippen LogP contribution in [0.2, 0.25) is 0 Å². The molecule has 0 aromatic rings. The molecule has 0 aliphatic heterocycles. The van der Waals surface area contributed by atoms with E-state index in [0.717, 1.165) is 96.3 Å². The van der Waals surface area contributed by atoms with Crippen LogP contribution in [0.4, 0.5) is 0 Å². The van der Waals surface area contributed by atoms with Gasteiger partial charge in [0.2, 0.25) is 0 Å². The molecule has 0 heterocycles. The first kappa shape index (κ1) is 58.3. The third-order valence-corrected chi connectivity index (χ3v) is 10.3. The lowest BCUT2D eigenvalue weighted by molar-refractivity contribution is -0.166. The molecule has 0 radical (unpaired) electrons. The Balaban J connectivity index is 4.50. The van der Waals surface area contributed by atoms with Crippen LogP contribution in [0.3, 0.4) is 0 Å². The number of rotatable bonds is 44. The van der Waals surface area contributed by atoms with Gasteiger partial charge in [-0.05, 0) is 83.5 Å². The van der Waals surface area contributed by atoms with Crippen molar-refractivity contribution in [2.75, 3.05) is 13.2 Å². The fraction of sp³-hybridized carbons (Fsp3) is 0.661. The predicted molar refractivity (Wildman–Crippen MR) is 265 cm³/mol. The maximum Gasteiger partial charge on any atom is 0.306 e. The molecule has 0 aromatic heterocycles. The molecule has 6 nitrogen and oxygen atoms in total. The number of hydrogen-bond donors (Lipinski definition) is 0. The summed E-state index contributed by atoms with van der Waals surface area (Å²) in [6, 6.07) is 0. The third kappa shape index (κ3) is 47.4. The fourth-order valence-electron chi connectivity index (χ4n) is 6.62. The molecule has 0 amide bonds. The average Bonchev–Trinajstić information content (AvgIpc) is 3.27. The fourth-order valence-corrected chi connectivity index (χ4v) is 6.62. The first-order valence-electron chi connectivity index (χ1n) is 25.2. The van der Waals surface area contributed by atoms with Crippen LogP contribution in [-0.2, 0) is 28.6 Å². The second-order valence-electron chi connectivity index (χ2n) is 16.3. The largest absolute Gasteiger partial charge is 0.462 e. The zero-order chi connectivity index (χ0) is 45.1. The highest BCUT2D eigenvalue weighted by Gasteiger charge is 2.19. The molecule has 6 heteroatoms. The number of allylic oxidation sites excluding steroid dienone is 16. The molecule has 0 N–H and O–H groups in total. The number of carbonyl (C=O) groups is 3. The first-order valence-corrected chi connectivity index (χ1v) is 25.2. The van der Waals surface area contributed by atoms with E-state index < -0.39 is 6.10 Å². The van der Waals surface area contributed by atoms with Crippen LogP contribution >= 0.6 is 0 Å². The molecule has 0 fully saturated rings. The molecule has 0 rings (SSSR count). The Morgan fingerprint density at radius 2 is 0.661 bits per heavy atom. The minimum absolute atomic E-state index is 0.104. The molecule has 0 aliphatic rings. The van der Waals surface area contributed by atoms with Crippen molar-refractivity contribution in [1.29, 1.82) is 0 Å². The lowest BCUT2D eigenvalue weighted by Crippen LogP contribution is -2.30. The standard InChI is InChI=1S/C56H92O6/c1-4-7-10-13-16-19-22-24-26-27-28-29-30-32-34-37-40-43-46-49-55(58)61-52-53(51-60-54(57)48-45-42-39-36-33-21-18-15-12-9-6-3)62-56(59)50-47-44-41-38-35-31-25-23-20-17-14-11-8-5-2/h7-8,10-11,16-17,19-20,24,26,28-29,32,34,40,43,53H,4-6,9,12-15,18,21-23,25,27,30-31,33,35-39,41-42,44-52H2,1-3H3/b10-7-,11-8-,19-16-,20-17-,26-24-,29-28-,34-32-,43-40-. The molecule has 0 aliphatic carbocycles. The summed E-state index contributed by atoms with van der Waals surface area (Å²) in [6.45, 7) is 6.33. The van der Waals surface area contributed by atoms with Gasteiger partial charge in [0.05, 0.1) is 0 Å². The number of esters is 3. The Labute approximate surface area is 381 Å². The summed E-state index contributed by atoms with van der Waals surface area (Å²) in [5.41, 5.74) is 0. The van der Waals surface area contributed by atoms with Gasteiger partial charge >= 0.3 is 17.9 Å². The molecule has 0 bridgehead atoms. The van der Waals surface area contributed by atoms with Crippen LogP contribution in [0.25, 0.3) is 0 Å². The molecule has 352 valence electrons. The van der Waals surface area contributed by atoms with Gasteiger partial charge in [0, 0.05) is 19.3 Å². The van der Waals surface area contributed by atoms with Gasteiger partial charge in [-0.1, -0.05) is 214 Å². The van der Waals surface area contributed by atoms with Gasteiger partial charge in [0.1, 0.15) is 13.2 Å². The maximum absolute atomic E-state index is 12.8. The van der Waals surface area contributed by atoms with Crippen molar-refractivity contribution in [3.63, 3.8) is 0 Å². The van der Waals surface area contributed by atoms with Crippen LogP contribution in [0, 0.1) is 0 Å². The number of carbonyl (C=O) groups excluding carboxylic acids is 3. The van der Waals surface area contributed by atoms with Crippen molar-refractivity contribution in [2.24, 2.45) is 0 Å².